The zero-order valence-corrected chi connectivity index (χ0v) is 17.1. The highest BCUT2D eigenvalue weighted by Crippen LogP contribution is 2.48. The SMILES string of the molecule is COc1ccc(C2SCCC(=O)N2CCCOC(C)C)c(OC)c1OC. The summed E-state index contributed by atoms with van der Waals surface area (Å²) in [5.74, 6) is 2.73. The lowest BCUT2D eigenvalue weighted by molar-refractivity contribution is -0.132. The summed E-state index contributed by atoms with van der Waals surface area (Å²) in [4.78, 5) is 14.5. The standard InChI is InChI=1S/C19H29NO5S/c1-13(2)25-11-6-10-20-16(21)9-12-26-19(20)14-7-8-15(22-3)18(24-5)17(14)23-4/h7-8,13,19H,6,9-12H2,1-5H3. The number of nitrogens with zero attached hydrogens (tertiary/aromatic N) is 1. The molecule has 1 aromatic rings. The molecular weight excluding hydrogens is 354 g/mol. The van der Waals surface area contributed by atoms with Gasteiger partial charge in [0.15, 0.2) is 11.5 Å². The molecule has 0 radical (unpaired) electrons. The number of hydrogen-bond acceptors (Lipinski definition) is 6. The molecule has 1 atom stereocenters. The van der Waals surface area contributed by atoms with Crippen LogP contribution >= 0.6 is 11.8 Å². The average molecular weight is 384 g/mol. The first kappa shape index (κ1) is 20.7. The van der Waals surface area contributed by atoms with Crippen LogP contribution in [0.15, 0.2) is 12.1 Å². The van der Waals surface area contributed by atoms with Gasteiger partial charge in [-0.3, -0.25) is 4.79 Å². The molecule has 0 spiro atoms. The number of hydrogen-bond donors (Lipinski definition) is 0. The van der Waals surface area contributed by atoms with Crippen molar-refractivity contribution in [2.24, 2.45) is 0 Å². The number of methoxy groups -OCH3 is 3. The maximum atomic E-state index is 12.6. The predicted molar refractivity (Wildman–Crippen MR) is 103 cm³/mol. The lowest BCUT2D eigenvalue weighted by atomic mass is 10.1. The van der Waals surface area contributed by atoms with Gasteiger partial charge in [0, 0.05) is 30.9 Å². The van der Waals surface area contributed by atoms with Gasteiger partial charge in [0.2, 0.25) is 11.7 Å². The Labute approximate surface area is 160 Å². The van der Waals surface area contributed by atoms with Crippen LogP contribution in [-0.2, 0) is 9.53 Å². The van der Waals surface area contributed by atoms with Gasteiger partial charge in [0.1, 0.15) is 5.37 Å². The zero-order valence-electron chi connectivity index (χ0n) is 16.2. The van der Waals surface area contributed by atoms with E-state index in [1.54, 1.807) is 33.1 Å². The van der Waals surface area contributed by atoms with Gasteiger partial charge in [0.25, 0.3) is 0 Å². The molecule has 0 aromatic heterocycles. The average Bonchev–Trinajstić information content (AvgIpc) is 2.64. The fourth-order valence-electron chi connectivity index (χ4n) is 2.99. The highest BCUT2D eigenvalue weighted by molar-refractivity contribution is 7.99. The minimum atomic E-state index is -0.106. The molecule has 1 amide bonds. The number of carbonyl (C=O) groups excluding carboxylic acids is 1. The first-order valence-corrected chi connectivity index (χ1v) is 9.89. The van der Waals surface area contributed by atoms with Crippen LogP contribution in [0.1, 0.15) is 37.6 Å². The summed E-state index contributed by atoms with van der Waals surface area (Å²) in [7, 11) is 4.79. The van der Waals surface area contributed by atoms with Gasteiger partial charge in [-0.05, 0) is 32.4 Å². The van der Waals surface area contributed by atoms with E-state index in [1.165, 1.54) is 0 Å². The highest BCUT2D eigenvalue weighted by atomic mass is 32.2. The molecule has 0 N–H and O–H groups in total. The molecule has 1 aromatic carbocycles. The molecule has 1 saturated heterocycles. The van der Waals surface area contributed by atoms with E-state index in [0.717, 1.165) is 17.7 Å². The van der Waals surface area contributed by atoms with Crippen LogP contribution in [-0.4, -0.2) is 57.1 Å². The molecule has 0 bridgehead atoms. The van der Waals surface area contributed by atoms with Crippen LogP contribution < -0.4 is 14.2 Å². The number of carbonyl (C=O) groups is 1. The quantitative estimate of drug-likeness (QED) is 0.609. The molecule has 1 heterocycles. The van der Waals surface area contributed by atoms with E-state index >= 15 is 0 Å². The normalized spacial score (nSPS) is 17.5. The summed E-state index contributed by atoms with van der Waals surface area (Å²) in [6, 6.07) is 3.81. The molecule has 6 nitrogen and oxygen atoms in total. The second-order valence-corrected chi connectivity index (χ2v) is 7.45. The maximum Gasteiger partial charge on any atom is 0.224 e. The molecule has 0 aliphatic carbocycles. The lowest BCUT2D eigenvalue weighted by Gasteiger charge is -2.36. The zero-order chi connectivity index (χ0) is 19.1. The van der Waals surface area contributed by atoms with Gasteiger partial charge in [-0.15, -0.1) is 11.8 Å². The lowest BCUT2D eigenvalue weighted by Crippen LogP contribution is -2.38. The molecule has 146 valence electrons. The highest BCUT2D eigenvalue weighted by Gasteiger charge is 2.33. The fraction of sp³-hybridized carbons (Fsp3) is 0.632. The van der Waals surface area contributed by atoms with Gasteiger partial charge in [-0.25, -0.2) is 0 Å². The summed E-state index contributed by atoms with van der Waals surface area (Å²) in [6.45, 7) is 5.32. The Hall–Kier alpha value is -1.60. The van der Waals surface area contributed by atoms with Gasteiger partial charge in [0.05, 0.1) is 27.4 Å². The molecular formula is C19H29NO5S. The molecule has 26 heavy (non-hydrogen) atoms. The summed E-state index contributed by atoms with van der Waals surface area (Å²) in [5.41, 5.74) is 0.924. The van der Waals surface area contributed by atoms with E-state index < -0.39 is 0 Å². The van der Waals surface area contributed by atoms with E-state index in [-0.39, 0.29) is 17.4 Å². The Morgan fingerprint density at radius 1 is 1.15 bits per heavy atom. The van der Waals surface area contributed by atoms with Crippen LogP contribution in [0.5, 0.6) is 17.2 Å². The largest absolute Gasteiger partial charge is 0.493 e. The third-order valence-electron chi connectivity index (χ3n) is 4.19. The van der Waals surface area contributed by atoms with E-state index in [9.17, 15) is 4.79 Å². The molecule has 0 saturated carbocycles. The molecule has 2 rings (SSSR count). The van der Waals surface area contributed by atoms with Crippen molar-refractivity contribution in [3.8, 4) is 17.2 Å². The van der Waals surface area contributed by atoms with E-state index in [2.05, 4.69) is 0 Å². The van der Waals surface area contributed by atoms with Crippen molar-refractivity contribution >= 4 is 17.7 Å². The van der Waals surface area contributed by atoms with Crippen LogP contribution in [0.3, 0.4) is 0 Å². The van der Waals surface area contributed by atoms with Crippen molar-refractivity contribution in [2.75, 3.05) is 40.2 Å². The van der Waals surface area contributed by atoms with E-state index in [4.69, 9.17) is 18.9 Å². The molecule has 1 aliphatic rings. The van der Waals surface area contributed by atoms with Crippen LogP contribution in [0.2, 0.25) is 0 Å². The molecule has 7 heteroatoms. The second kappa shape index (κ2) is 9.92. The summed E-state index contributed by atoms with van der Waals surface area (Å²) < 4.78 is 22.1. The summed E-state index contributed by atoms with van der Waals surface area (Å²) in [5, 5.41) is -0.106. The maximum absolute atomic E-state index is 12.6. The van der Waals surface area contributed by atoms with Gasteiger partial charge < -0.3 is 23.8 Å². The monoisotopic (exact) mass is 383 g/mol. The molecule has 1 aliphatic heterocycles. The van der Waals surface area contributed by atoms with Gasteiger partial charge in [-0.1, -0.05) is 0 Å². The Balaban J connectivity index is 2.26. The number of benzene rings is 1. The van der Waals surface area contributed by atoms with Crippen molar-refractivity contribution in [2.45, 2.75) is 38.2 Å². The predicted octanol–water partition coefficient (Wildman–Crippen LogP) is 3.49. The molecule has 1 fully saturated rings. The summed E-state index contributed by atoms with van der Waals surface area (Å²) >= 11 is 1.74. The number of ether oxygens (including phenoxy) is 4. The van der Waals surface area contributed by atoms with Crippen LogP contribution in [0.4, 0.5) is 0 Å². The Morgan fingerprint density at radius 2 is 1.88 bits per heavy atom. The van der Waals surface area contributed by atoms with Crippen molar-refractivity contribution in [3.05, 3.63) is 17.7 Å². The Morgan fingerprint density at radius 3 is 2.50 bits per heavy atom. The van der Waals surface area contributed by atoms with Crippen molar-refractivity contribution in [1.82, 2.24) is 4.90 Å². The van der Waals surface area contributed by atoms with E-state index in [0.29, 0.717) is 36.8 Å². The number of rotatable bonds is 9. The number of thioether (sulfide) groups is 1. The van der Waals surface area contributed by atoms with E-state index in [1.807, 2.05) is 30.9 Å². The smallest absolute Gasteiger partial charge is 0.224 e. The van der Waals surface area contributed by atoms with Crippen molar-refractivity contribution < 1.29 is 23.7 Å². The molecule has 1 unspecified atom stereocenters. The van der Waals surface area contributed by atoms with Gasteiger partial charge >= 0.3 is 0 Å². The third kappa shape index (κ3) is 4.76. The minimum absolute atomic E-state index is 0.106. The Bertz CT molecular complexity index is 608. The summed E-state index contributed by atoms with van der Waals surface area (Å²) in [6.07, 6.45) is 1.56. The Kier molecular flexibility index (Phi) is 7.90. The fourth-order valence-corrected chi connectivity index (χ4v) is 4.28. The second-order valence-electron chi connectivity index (χ2n) is 6.26. The third-order valence-corrected chi connectivity index (χ3v) is 5.45. The topological polar surface area (TPSA) is 57.2 Å². The first-order chi connectivity index (χ1) is 12.5. The number of amides is 1. The first-order valence-electron chi connectivity index (χ1n) is 8.85. The van der Waals surface area contributed by atoms with Crippen molar-refractivity contribution in [3.63, 3.8) is 0 Å². The minimum Gasteiger partial charge on any atom is -0.493 e. The van der Waals surface area contributed by atoms with Gasteiger partial charge in [-0.2, -0.15) is 0 Å². The van der Waals surface area contributed by atoms with Crippen LogP contribution in [0, 0.1) is 0 Å². The van der Waals surface area contributed by atoms with Crippen molar-refractivity contribution in [1.29, 1.82) is 0 Å². The van der Waals surface area contributed by atoms with Crippen LogP contribution in [0.25, 0.3) is 0 Å².